The fraction of sp³-hybridized carbons (Fsp3) is 0.125. The third-order valence-corrected chi connectivity index (χ3v) is 1.29. The zero-order chi connectivity index (χ0) is 8.27. The van der Waals surface area contributed by atoms with E-state index in [0.717, 1.165) is 12.1 Å². The van der Waals surface area contributed by atoms with Crippen molar-refractivity contribution in [1.82, 2.24) is 5.32 Å². The van der Waals surface area contributed by atoms with Crippen LogP contribution in [0, 0.1) is 18.7 Å². The molecule has 0 amide bonds. The van der Waals surface area contributed by atoms with Crippen molar-refractivity contribution in [2.45, 2.75) is 6.54 Å². The van der Waals surface area contributed by atoms with E-state index in [2.05, 4.69) is 5.32 Å². The first-order valence-corrected chi connectivity index (χ1v) is 3.11. The van der Waals surface area contributed by atoms with E-state index in [0.29, 0.717) is 12.1 Å². The molecule has 0 unspecified atom stereocenters. The molecule has 58 valence electrons. The molecule has 1 nitrogen and oxygen atoms in total. The molecule has 0 atom stereocenters. The Labute approximate surface area is 64.0 Å². The number of benzene rings is 1. The van der Waals surface area contributed by atoms with Gasteiger partial charge in [0.25, 0.3) is 0 Å². The normalized spacial score (nSPS) is 10.1. The maximum atomic E-state index is 12.5. The zero-order valence-corrected chi connectivity index (χ0v) is 5.77. The number of hydrogen-bond donors (Lipinski definition) is 1. The third kappa shape index (κ3) is 1.98. The summed E-state index contributed by atoms with van der Waals surface area (Å²) in [6.45, 7) is 0.331. The zero-order valence-electron chi connectivity index (χ0n) is 5.77. The molecule has 2 radical (unpaired) electrons. The van der Waals surface area contributed by atoms with Crippen molar-refractivity contribution in [3.63, 3.8) is 0 Å². The second-order valence-electron chi connectivity index (χ2n) is 2.13. The summed E-state index contributed by atoms with van der Waals surface area (Å²) >= 11 is 0. The minimum Gasteiger partial charge on any atom is -0.307 e. The second-order valence-corrected chi connectivity index (χ2v) is 2.13. The van der Waals surface area contributed by atoms with Gasteiger partial charge in [-0.1, -0.05) is 6.07 Å². The number of halogens is 2. The molecule has 0 heterocycles. The summed E-state index contributed by atoms with van der Waals surface area (Å²) in [5.74, 6) is -1.69. The van der Waals surface area contributed by atoms with Gasteiger partial charge in [0.05, 0.1) is 0 Å². The van der Waals surface area contributed by atoms with Crippen molar-refractivity contribution in [2.75, 3.05) is 0 Å². The minimum atomic E-state index is -0.849. The Balaban J connectivity index is 2.86. The van der Waals surface area contributed by atoms with Crippen molar-refractivity contribution in [3.8, 4) is 0 Å². The van der Waals surface area contributed by atoms with E-state index in [4.69, 9.17) is 7.05 Å². The standard InChI is InChI=1S/C8H7F2N/c1-11-5-6-2-3-7(9)8(10)4-6/h1-4,11H,5H2. The van der Waals surface area contributed by atoms with Gasteiger partial charge in [0, 0.05) is 13.6 Å². The Morgan fingerprint density at radius 2 is 2.00 bits per heavy atom. The van der Waals surface area contributed by atoms with E-state index in [1.165, 1.54) is 6.07 Å². The van der Waals surface area contributed by atoms with E-state index < -0.39 is 11.6 Å². The Bertz CT molecular complexity index is 248. The SMILES string of the molecule is [CH]NCc1ccc(F)c(F)c1. The van der Waals surface area contributed by atoms with Crippen LogP contribution in [0.15, 0.2) is 18.2 Å². The Hall–Kier alpha value is -0.960. The lowest BCUT2D eigenvalue weighted by Gasteiger charge is -1.99. The van der Waals surface area contributed by atoms with Crippen LogP contribution < -0.4 is 5.32 Å². The molecule has 0 saturated heterocycles. The Kier molecular flexibility index (Phi) is 2.54. The molecule has 0 aliphatic heterocycles. The van der Waals surface area contributed by atoms with Crippen LogP contribution in [0.1, 0.15) is 5.56 Å². The second kappa shape index (κ2) is 3.44. The van der Waals surface area contributed by atoms with Crippen molar-refractivity contribution in [2.24, 2.45) is 0 Å². The van der Waals surface area contributed by atoms with Gasteiger partial charge in [-0.05, 0) is 17.7 Å². The molecule has 0 aliphatic carbocycles. The van der Waals surface area contributed by atoms with Crippen LogP contribution in [0.4, 0.5) is 8.78 Å². The average molecular weight is 155 g/mol. The highest BCUT2D eigenvalue weighted by Crippen LogP contribution is 2.07. The van der Waals surface area contributed by atoms with Crippen LogP contribution in [-0.4, -0.2) is 0 Å². The molecule has 0 bridgehead atoms. The van der Waals surface area contributed by atoms with Gasteiger partial charge in [-0.2, -0.15) is 0 Å². The summed E-state index contributed by atoms with van der Waals surface area (Å²) in [7, 11) is 4.98. The molecule has 0 aromatic heterocycles. The highest BCUT2D eigenvalue weighted by atomic mass is 19.2. The summed E-state index contributed by atoms with van der Waals surface area (Å²) in [5, 5.41) is 2.34. The monoisotopic (exact) mass is 155 g/mol. The molecule has 1 N–H and O–H groups in total. The summed E-state index contributed by atoms with van der Waals surface area (Å²) in [5.41, 5.74) is 0.617. The lowest BCUT2D eigenvalue weighted by Crippen LogP contribution is -2.02. The summed E-state index contributed by atoms with van der Waals surface area (Å²) in [6, 6.07) is 3.65. The van der Waals surface area contributed by atoms with Crippen molar-refractivity contribution < 1.29 is 8.78 Å². The number of hydrogen-bond acceptors (Lipinski definition) is 1. The van der Waals surface area contributed by atoms with Gasteiger partial charge >= 0.3 is 0 Å². The maximum Gasteiger partial charge on any atom is 0.159 e. The van der Waals surface area contributed by atoms with Crippen molar-refractivity contribution in [3.05, 3.63) is 42.4 Å². The van der Waals surface area contributed by atoms with Crippen LogP contribution in [0.3, 0.4) is 0 Å². The fourth-order valence-corrected chi connectivity index (χ4v) is 0.767. The molecule has 0 spiro atoms. The molecule has 0 saturated carbocycles. The predicted octanol–water partition coefficient (Wildman–Crippen LogP) is 1.72. The largest absolute Gasteiger partial charge is 0.307 e. The lowest BCUT2D eigenvalue weighted by atomic mass is 10.2. The Morgan fingerprint density at radius 3 is 2.55 bits per heavy atom. The first-order valence-electron chi connectivity index (χ1n) is 3.11. The molecule has 0 fully saturated rings. The van der Waals surface area contributed by atoms with Crippen molar-refractivity contribution >= 4 is 0 Å². The van der Waals surface area contributed by atoms with Gasteiger partial charge in [0.15, 0.2) is 11.6 Å². The van der Waals surface area contributed by atoms with E-state index in [-0.39, 0.29) is 0 Å². The highest BCUT2D eigenvalue weighted by molar-refractivity contribution is 5.17. The predicted molar refractivity (Wildman–Crippen MR) is 37.5 cm³/mol. The van der Waals surface area contributed by atoms with Crippen LogP contribution in [0.25, 0.3) is 0 Å². The molecule has 3 heteroatoms. The van der Waals surface area contributed by atoms with Gasteiger partial charge in [-0.25, -0.2) is 8.78 Å². The van der Waals surface area contributed by atoms with Gasteiger partial charge in [0.1, 0.15) is 0 Å². The van der Waals surface area contributed by atoms with Crippen LogP contribution in [0.2, 0.25) is 0 Å². The van der Waals surface area contributed by atoms with Gasteiger partial charge in [-0.15, -0.1) is 0 Å². The molecule has 1 aromatic rings. The summed E-state index contributed by atoms with van der Waals surface area (Å²) in [6.07, 6.45) is 0. The quantitative estimate of drug-likeness (QED) is 0.641. The minimum absolute atomic E-state index is 0.331. The first-order chi connectivity index (χ1) is 5.24. The molecule has 1 aromatic carbocycles. The molecular formula is C8H7F2N. The molecule has 11 heavy (non-hydrogen) atoms. The average Bonchev–Trinajstić information content (AvgIpc) is 1.98. The maximum absolute atomic E-state index is 12.5. The summed E-state index contributed by atoms with van der Waals surface area (Å²) < 4.78 is 24.8. The number of nitrogens with one attached hydrogen (secondary N) is 1. The van der Waals surface area contributed by atoms with Crippen LogP contribution in [-0.2, 0) is 6.54 Å². The third-order valence-electron chi connectivity index (χ3n) is 1.29. The summed E-state index contributed by atoms with van der Waals surface area (Å²) in [4.78, 5) is 0. The van der Waals surface area contributed by atoms with Gasteiger partial charge in [0.2, 0.25) is 0 Å². The first kappa shape index (κ1) is 8.14. The van der Waals surface area contributed by atoms with E-state index in [1.54, 1.807) is 0 Å². The van der Waals surface area contributed by atoms with Crippen molar-refractivity contribution in [1.29, 1.82) is 0 Å². The van der Waals surface area contributed by atoms with E-state index >= 15 is 0 Å². The van der Waals surface area contributed by atoms with Gasteiger partial charge in [-0.3, -0.25) is 0 Å². The lowest BCUT2D eigenvalue weighted by molar-refractivity contribution is 0.506. The molecular weight excluding hydrogens is 148 g/mol. The van der Waals surface area contributed by atoms with Crippen LogP contribution in [0.5, 0.6) is 0 Å². The van der Waals surface area contributed by atoms with E-state index in [9.17, 15) is 8.78 Å². The number of rotatable bonds is 2. The molecule has 0 aliphatic rings. The smallest absolute Gasteiger partial charge is 0.159 e. The van der Waals surface area contributed by atoms with Gasteiger partial charge < -0.3 is 5.32 Å². The van der Waals surface area contributed by atoms with Crippen LogP contribution >= 0.6 is 0 Å². The highest BCUT2D eigenvalue weighted by Gasteiger charge is 2.00. The fourth-order valence-electron chi connectivity index (χ4n) is 0.767. The van der Waals surface area contributed by atoms with E-state index in [1.807, 2.05) is 0 Å². The topological polar surface area (TPSA) is 12.0 Å². The molecule has 1 rings (SSSR count). The Morgan fingerprint density at radius 1 is 1.27 bits per heavy atom.